The molecule has 13 nitrogen and oxygen atoms in total. The van der Waals surface area contributed by atoms with E-state index >= 15 is 0 Å². The summed E-state index contributed by atoms with van der Waals surface area (Å²) in [6, 6.07) is -1.14. The number of aliphatic hydroxyl groups excluding tert-OH is 5. The van der Waals surface area contributed by atoms with Gasteiger partial charge in [-0.3, -0.25) is 9.35 Å². The molecule has 8 atom stereocenters. The minimum absolute atomic E-state index is 0.225. The van der Waals surface area contributed by atoms with E-state index in [9.17, 15) is 38.7 Å². The van der Waals surface area contributed by atoms with E-state index in [2.05, 4.69) is 59.8 Å². The predicted octanol–water partition coefficient (Wildman–Crippen LogP) is 7.46. The number of rotatable bonds is 37. The third-order valence-corrected chi connectivity index (χ3v) is 10.9. The van der Waals surface area contributed by atoms with Gasteiger partial charge >= 0.3 is 10.4 Å². The maximum absolute atomic E-state index is 13.1. The molecule has 59 heavy (non-hydrogen) atoms. The van der Waals surface area contributed by atoms with E-state index in [-0.39, 0.29) is 6.42 Å². The first-order chi connectivity index (χ1) is 28.4. The molecule has 0 radical (unpaired) electrons. The Hall–Kier alpha value is -1.98. The molecule has 1 saturated heterocycles. The van der Waals surface area contributed by atoms with Gasteiger partial charge < -0.3 is 40.3 Å². The number of aliphatic hydroxyl groups is 5. The molecule has 8 unspecified atom stereocenters. The highest BCUT2D eigenvalue weighted by atomic mass is 32.3. The predicted molar refractivity (Wildman–Crippen MR) is 233 cm³/mol. The van der Waals surface area contributed by atoms with Gasteiger partial charge in [-0.05, 0) is 64.2 Å². The van der Waals surface area contributed by atoms with Crippen molar-refractivity contribution in [1.29, 1.82) is 0 Å². The summed E-state index contributed by atoms with van der Waals surface area (Å²) in [7, 11) is -5.12. The number of hydrogen-bond donors (Lipinski definition) is 7. The summed E-state index contributed by atoms with van der Waals surface area (Å²) in [6.07, 6.45) is 30.7. The van der Waals surface area contributed by atoms with Gasteiger partial charge in [0.15, 0.2) is 6.29 Å². The first-order valence-corrected chi connectivity index (χ1v) is 24.0. The Balaban J connectivity index is 2.57. The van der Waals surface area contributed by atoms with Crippen molar-refractivity contribution in [2.75, 3.05) is 13.2 Å². The van der Waals surface area contributed by atoms with Gasteiger partial charge in [0, 0.05) is 0 Å². The Morgan fingerprint density at radius 2 is 1.17 bits per heavy atom. The fourth-order valence-corrected chi connectivity index (χ4v) is 7.30. The maximum Gasteiger partial charge on any atom is 0.397 e. The number of carbonyl (C=O) groups is 1. The highest BCUT2D eigenvalue weighted by molar-refractivity contribution is 7.80. The van der Waals surface area contributed by atoms with Gasteiger partial charge in [0.2, 0.25) is 5.91 Å². The van der Waals surface area contributed by atoms with Crippen molar-refractivity contribution in [1.82, 2.24) is 5.32 Å². The summed E-state index contributed by atoms with van der Waals surface area (Å²) in [5.74, 6) is -0.725. The first kappa shape index (κ1) is 55.0. The molecule has 1 aliphatic heterocycles. The molecule has 1 rings (SSSR count). The second-order valence-electron chi connectivity index (χ2n) is 15.8. The van der Waals surface area contributed by atoms with Crippen LogP contribution in [0.2, 0.25) is 0 Å². The number of amides is 1. The van der Waals surface area contributed by atoms with Crippen LogP contribution >= 0.6 is 0 Å². The Bertz CT molecular complexity index is 1260. The number of carbonyl (C=O) groups excluding carboxylic acids is 1. The van der Waals surface area contributed by atoms with Crippen molar-refractivity contribution < 1.29 is 57.0 Å². The Labute approximate surface area is 356 Å². The third-order valence-electron chi connectivity index (χ3n) is 10.4. The molecule has 0 aromatic heterocycles. The quantitative estimate of drug-likeness (QED) is 0.0184. The Morgan fingerprint density at radius 1 is 0.678 bits per heavy atom. The van der Waals surface area contributed by atoms with E-state index in [0.29, 0.717) is 12.8 Å². The zero-order chi connectivity index (χ0) is 43.6. The lowest BCUT2D eigenvalue weighted by molar-refractivity contribution is -0.298. The molecule has 1 aliphatic rings. The average molecular weight is 860 g/mol. The van der Waals surface area contributed by atoms with Gasteiger partial charge in [-0.2, -0.15) is 8.42 Å². The fraction of sp³-hybridized carbons (Fsp3) is 0.800. The Morgan fingerprint density at radius 3 is 1.69 bits per heavy atom. The molecule has 14 heteroatoms. The van der Waals surface area contributed by atoms with E-state index in [1.807, 2.05) is 0 Å². The summed E-state index contributed by atoms with van der Waals surface area (Å²) < 4.78 is 47.4. The average Bonchev–Trinajstić information content (AvgIpc) is 3.20. The SMILES string of the molecule is CCC/C=C/CC/C=C/CC/C=C/C(O)C(COC1OC(CO)C(O)C(OS(=O)(=O)O)C1O)NC(=O)C(O)CCCCCCCC/C=C\CCCCCCCCCCC. The van der Waals surface area contributed by atoms with Crippen molar-refractivity contribution in [3.05, 3.63) is 48.6 Å². The van der Waals surface area contributed by atoms with Crippen molar-refractivity contribution in [2.45, 2.75) is 217 Å². The van der Waals surface area contributed by atoms with Gasteiger partial charge in [0.25, 0.3) is 0 Å². The highest BCUT2D eigenvalue weighted by Gasteiger charge is 2.48. The number of unbranched alkanes of at least 4 members (excludes halogenated alkanes) is 18. The van der Waals surface area contributed by atoms with Crippen molar-refractivity contribution in [2.24, 2.45) is 0 Å². The molecule has 1 heterocycles. The molecule has 0 bridgehead atoms. The summed E-state index contributed by atoms with van der Waals surface area (Å²) in [5, 5.41) is 55.0. The van der Waals surface area contributed by atoms with Gasteiger partial charge in [-0.15, -0.1) is 0 Å². The van der Waals surface area contributed by atoms with Crippen molar-refractivity contribution in [3.8, 4) is 0 Å². The largest absolute Gasteiger partial charge is 0.397 e. The smallest absolute Gasteiger partial charge is 0.394 e. The van der Waals surface area contributed by atoms with Crippen LogP contribution in [0.1, 0.15) is 168 Å². The molecule has 344 valence electrons. The molecule has 0 aromatic carbocycles. The normalized spacial score (nSPS) is 21.9. The van der Waals surface area contributed by atoms with E-state index < -0.39 is 78.5 Å². The Kier molecular flexibility index (Phi) is 33.2. The van der Waals surface area contributed by atoms with E-state index in [0.717, 1.165) is 77.0 Å². The van der Waals surface area contributed by atoms with Crippen LogP contribution in [-0.4, -0.2) is 107 Å². The lowest BCUT2D eigenvalue weighted by Crippen LogP contribution is -2.61. The summed E-state index contributed by atoms with van der Waals surface area (Å²) in [5.41, 5.74) is 0. The minimum atomic E-state index is -5.12. The standard InChI is InChI=1S/C45H81NO12S/c1-3-5-7-9-11-13-15-16-17-18-19-20-21-22-24-26-28-30-32-34-39(49)44(52)46-37(38(48)33-31-29-27-25-23-14-12-10-8-6-4-2)36-56-45-42(51)43(58-59(53,54)55)41(50)40(35-47)57-45/h8,10,19-20,23,25,31,33,37-43,45,47-51H,3-7,9,11-18,21-22,24,26-30,32,34-36H2,1-2H3,(H,46,52)(H,53,54,55)/b10-8+,20-19-,25-23+,33-31+. The van der Waals surface area contributed by atoms with Crippen LogP contribution in [0, 0.1) is 0 Å². The minimum Gasteiger partial charge on any atom is -0.394 e. The van der Waals surface area contributed by atoms with Crippen LogP contribution in [-0.2, 0) is 28.9 Å². The van der Waals surface area contributed by atoms with Gasteiger partial charge in [-0.1, -0.05) is 152 Å². The van der Waals surface area contributed by atoms with Crippen LogP contribution in [0.5, 0.6) is 0 Å². The summed E-state index contributed by atoms with van der Waals surface area (Å²) >= 11 is 0. The molecule has 1 amide bonds. The van der Waals surface area contributed by atoms with Crippen LogP contribution in [0.4, 0.5) is 0 Å². The van der Waals surface area contributed by atoms with Crippen LogP contribution in [0.15, 0.2) is 48.6 Å². The van der Waals surface area contributed by atoms with Crippen LogP contribution < -0.4 is 5.32 Å². The number of allylic oxidation sites excluding steroid dienone is 7. The zero-order valence-corrected chi connectivity index (χ0v) is 37.0. The number of ether oxygens (including phenoxy) is 2. The maximum atomic E-state index is 13.1. The topological polar surface area (TPSA) is 212 Å². The summed E-state index contributed by atoms with van der Waals surface area (Å²) in [6.45, 7) is 3.10. The van der Waals surface area contributed by atoms with E-state index in [4.69, 9.17) is 14.0 Å². The fourth-order valence-electron chi connectivity index (χ4n) is 6.79. The number of nitrogens with one attached hydrogen (secondary N) is 1. The molecular formula is C45H81NO12S. The molecule has 0 saturated carbocycles. The lowest BCUT2D eigenvalue weighted by atomic mass is 9.99. The zero-order valence-electron chi connectivity index (χ0n) is 36.2. The molecule has 7 N–H and O–H groups in total. The first-order valence-electron chi connectivity index (χ1n) is 22.6. The van der Waals surface area contributed by atoms with E-state index in [1.54, 1.807) is 6.08 Å². The highest BCUT2D eigenvalue weighted by Crippen LogP contribution is 2.26. The van der Waals surface area contributed by atoms with Crippen LogP contribution in [0.3, 0.4) is 0 Å². The molecule has 0 aromatic rings. The van der Waals surface area contributed by atoms with Crippen molar-refractivity contribution >= 4 is 16.3 Å². The lowest BCUT2D eigenvalue weighted by Gasteiger charge is -2.41. The molecule has 0 spiro atoms. The molecular weight excluding hydrogens is 779 g/mol. The second kappa shape index (κ2) is 35.6. The van der Waals surface area contributed by atoms with E-state index in [1.165, 1.54) is 63.9 Å². The van der Waals surface area contributed by atoms with Crippen LogP contribution in [0.25, 0.3) is 0 Å². The third kappa shape index (κ3) is 28.3. The summed E-state index contributed by atoms with van der Waals surface area (Å²) in [4.78, 5) is 13.1. The van der Waals surface area contributed by atoms with Gasteiger partial charge in [-0.25, -0.2) is 4.18 Å². The van der Waals surface area contributed by atoms with Gasteiger partial charge in [0.1, 0.15) is 30.5 Å². The van der Waals surface area contributed by atoms with Gasteiger partial charge in [0.05, 0.1) is 25.4 Å². The molecule has 0 aliphatic carbocycles. The monoisotopic (exact) mass is 860 g/mol. The second-order valence-corrected chi connectivity index (χ2v) is 16.8. The number of hydrogen-bond acceptors (Lipinski definition) is 11. The van der Waals surface area contributed by atoms with Crippen molar-refractivity contribution in [3.63, 3.8) is 0 Å². The molecule has 1 fully saturated rings.